The van der Waals surface area contributed by atoms with Gasteiger partial charge in [-0.1, -0.05) is 19.3 Å². The summed E-state index contributed by atoms with van der Waals surface area (Å²) < 4.78 is 28.5. The van der Waals surface area contributed by atoms with E-state index >= 15 is 0 Å². The lowest BCUT2D eigenvalue weighted by atomic mass is 9.87. The molecule has 0 unspecified atom stereocenters. The standard InChI is InChI=1S/C14H25NO4S/c1-2-19-13(16)14(8-10-20(17,18)11-9-14)15-12-6-4-3-5-7-12/h12,15H,2-11H2,1H3. The molecule has 1 heterocycles. The third-order valence-corrected chi connectivity index (χ3v) is 6.08. The molecule has 1 saturated heterocycles. The van der Waals surface area contributed by atoms with Crippen LogP contribution in [0, 0.1) is 0 Å². The second-order valence-corrected chi connectivity index (χ2v) is 8.24. The van der Waals surface area contributed by atoms with Crippen LogP contribution in [0.15, 0.2) is 0 Å². The molecule has 0 radical (unpaired) electrons. The van der Waals surface area contributed by atoms with Crippen LogP contribution in [0.3, 0.4) is 0 Å². The zero-order chi connectivity index (χ0) is 14.6. The molecule has 6 heteroatoms. The minimum atomic E-state index is -2.99. The highest BCUT2D eigenvalue weighted by Crippen LogP contribution is 2.29. The van der Waals surface area contributed by atoms with E-state index in [4.69, 9.17) is 4.74 Å². The van der Waals surface area contributed by atoms with Crippen LogP contribution >= 0.6 is 0 Å². The third kappa shape index (κ3) is 3.73. The van der Waals surface area contributed by atoms with Crippen LogP contribution in [0.2, 0.25) is 0 Å². The molecule has 0 bridgehead atoms. The summed E-state index contributed by atoms with van der Waals surface area (Å²) in [7, 11) is -2.99. The van der Waals surface area contributed by atoms with Crippen LogP contribution in [-0.2, 0) is 19.4 Å². The van der Waals surface area contributed by atoms with Gasteiger partial charge >= 0.3 is 5.97 Å². The van der Waals surface area contributed by atoms with Gasteiger partial charge in [0, 0.05) is 6.04 Å². The van der Waals surface area contributed by atoms with Crippen molar-refractivity contribution in [3.05, 3.63) is 0 Å². The van der Waals surface area contributed by atoms with E-state index < -0.39 is 15.4 Å². The Bertz CT molecular complexity index is 426. The van der Waals surface area contributed by atoms with E-state index in [9.17, 15) is 13.2 Å². The Morgan fingerprint density at radius 3 is 2.35 bits per heavy atom. The fourth-order valence-electron chi connectivity index (χ4n) is 3.20. The van der Waals surface area contributed by atoms with Crippen molar-refractivity contribution in [2.75, 3.05) is 18.1 Å². The second-order valence-electron chi connectivity index (χ2n) is 5.93. The topological polar surface area (TPSA) is 72.5 Å². The summed E-state index contributed by atoms with van der Waals surface area (Å²) >= 11 is 0. The van der Waals surface area contributed by atoms with Crippen molar-refractivity contribution in [2.24, 2.45) is 0 Å². The number of carbonyl (C=O) groups excluding carboxylic acids is 1. The molecule has 2 aliphatic rings. The number of nitrogens with one attached hydrogen (secondary N) is 1. The molecule has 1 aliphatic heterocycles. The van der Waals surface area contributed by atoms with Crippen LogP contribution in [0.25, 0.3) is 0 Å². The monoisotopic (exact) mass is 303 g/mol. The molecule has 0 aromatic rings. The van der Waals surface area contributed by atoms with Gasteiger partial charge in [-0.2, -0.15) is 0 Å². The molecule has 5 nitrogen and oxygen atoms in total. The average Bonchev–Trinajstić information content (AvgIpc) is 2.43. The maximum atomic E-state index is 12.3. The Labute approximate surface area is 121 Å². The Balaban J connectivity index is 2.09. The van der Waals surface area contributed by atoms with Crippen LogP contribution in [-0.4, -0.2) is 44.1 Å². The molecule has 0 aromatic carbocycles. The van der Waals surface area contributed by atoms with Gasteiger partial charge in [-0.15, -0.1) is 0 Å². The average molecular weight is 303 g/mol. The van der Waals surface area contributed by atoms with E-state index in [0.717, 1.165) is 12.8 Å². The first-order valence-corrected chi connectivity index (χ1v) is 9.45. The Morgan fingerprint density at radius 2 is 1.80 bits per heavy atom. The number of ether oxygens (including phenoxy) is 1. The van der Waals surface area contributed by atoms with Crippen LogP contribution in [0.4, 0.5) is 0 Å². The number of sulfone groups is 1. The number of carbonyl (C=O) groups is 1. The molecule has 20 heavy (non-hydrogen) atoms. The SMILES string of the molecule is CCOC(=O)C1(NC2CCCCC2)CCS(=O)(=O)CC1. The van der Waals surface area contributed by atoms with Crippen molar-refractivity contribution in [3.63, 3.8) is 0 Å². The van der Waals surface area contributed by atoms with Gasteiger partial charge in [0.15, 0.2) is 0 Å². The van der Waals surface area contributed by atoms with Crippen molar-refractivity contribution in [2.45, 2.75) is 63.5 Å². The zero-order valence-corrected chi connectivity index (χ0v) is 13.0. The number of rotatable bonds is 4. The quantitative estimate of drug-likeness (QED) is 0.795. The first-order chi connectivity index (χ1) is 9.47. The lowest BCUT2D eigenvalue weighted by molar-refractivity contribution is -0.152. The Hall–Kier alpha value is -0.620. The molecule has 2 rings (SSSR count). The first-order valence-electron chi connectivity index (χ1n) is 7.63. The van der Waals surface area contributed by atoms with E-state index in [-0.39, 0.29) is 17.5 Å². The summed E-state index contributed by atoms with van der Waals surface area (Å²) in [5.74, 6) is -0.127. The highest BCUT2D eigenvalue weighted by atomic mass is 32.2. The third-order valence-electron chi connectivity index (χ3n) is 4.43. The van der Waals surface area contributed by atoms with Gasteiger partial charge in [-0.3, -0.25) is 10.1 Å². The predicted molar refractivity (Wildman–Crippen MR) is 77.3 cm³/mol. The van der Waals surface area contributed by atoms with E-state index in [1.54, 1.807) is 6.92 Å². The Morgan fingerprint density at radius 1 is 1.20 bits per heavy atom. The summed E-state index contributed by atoms with van der Waals surface area (Å²) in [6.45, 7) is 2.12. The lowest BCUT2D eigenvalue weighted by Gasteiger charge is -2.39. The summed E-state index contributed by atoms with van der Waals surface area (Å²) in [6.07, 6.45) is 6.40. The largest absolute Gasteiger partial charge is 0.465 e. The van der Waals surface area contributed by atoms with Gasteiger partial charge in [0.25, 0.3) is 0 Å². The van der Waals surface area contributed by atoms with E-state index in [2.05, 4.69) is 5.32 Å². The summed E-state index contributed by atoms with van der Waals surface area (Å²) in [4.78, 5) is 12.3. The molecule has 0 amide bonds. The highest BCUT2D eigenvalue weighted by Gasteiger charge is 2.45. The number of hydrogen-bond acceptors (Lipinski definition) is 5. The molecular formula is C14H25NO4S. The molecule has 0 aromatic heterocycles. The van der Waals surface area contributed by atoms with Crippen LogP contribution in [0.1, 0.15) is 51.9 Å². The van der Waals surface area contributed by atoms with Crippen LogP contribution in [0.5, 0.6) is 0 Å². The first kappa shape index (κ1) is 15.8. The minimum absolute atomic E-state index is 0.0749. The Kier molecular flexibility index (Phi) is 5.07. The van der Waals surface area contributed by atoms with Gasteiger partial charge in [0.1, 0.15) is 15.4 Å². The highest BCUT2D eigenvalue weighted by molar-refractivity contribution is 7.91. The summed E-state index contributed by atoms with van der Waals surface area (Å²) in [6, 6.07) is 0.314. The fraction of sp³-hybridized carbons (Fsp3) is 0.929. The van der Waals surface area contributed by atoms with Crippen LogP contribution < -0.4 is 5.32 Å². The van der Waals surface area contributed by atoms with E-state index in [1.165, 1.54) is 19.3 Å². The maximum Gasteiger partial charge on any atom is 0.326 e. The van der Waals surface area contributed by atoms with Crippen molar-refractivity contribution in [1.29, 1.82) is 0 Å². The van der Waals surface area contributed by atoms with Crippen molar-refractivity contribution in [3.8, 4) is 0 Å². The predicted octanol–water partition coefficient (Wildman–Crippen LogP) is 1.42. The van der Waals surface area contributed by atoms with Gasteiger partial charge in [0.2, 0.25) is 0 Å². The summed E-state index contributed by atoms with van der Waals surface area (Å²) in [5, 5.41) is 3.45. The normalized spacial score (nSPS) is 26.1. The minimum Gasteiger partial charge on any atom is -0.465 e. The smallest absolute Gasteiger partial charge is 0.326 e. The van der Waals surface area contributed by atoms with Gasteiger partial charge in [-0.05, 0) is 32.6 Å². The fourth-order valence-corrected chi connectivity index (χ4v) is 4.72. The van der Waals surface area contributed by atoms with E-state index in [0.29, 0.717) is 25.5 Å². The molecule has 0 atom stereocenters. The van der Waals surface area contributed by atoms with Gasteiger partial charge < -0.3 is 4.74 Å². The summed E-state index contributed by atoms with van der Waals surface area (Å²) in [5.41, 5.74) is -0.788. The maximum absolute atomic E-state index is 12.3. The molecule has 1 aliphatic carbocycles. The van der Waals surface area contributed by atoms with Gasteiger partial charge in [0.05, 0.1) is 18.1 Å². The van der Waals surface area contributed by atoms with Crippen molar-refractivity contribution in [1.82, 2.24) is 5.32 Å². The van der Waals surface area contributed by atoms with Crippen molar-refractivity contribution >= 4 is 15.8 Å². The zero-order valence-electron chi connectivity index (χ0n) is 12.2. The lowest BCUT2D eigenvalue weighted by Crippen LogP contribution is -2.60. The van der Waals surface area contributed by atoms with Gasteiger partial charge in [-0.25, -0.2) is 8.42 Å². The van der Waals surface area contributed by atoms with E-state index in [1.807, 2.05) is 0 Å². The molecule has 2 fully saturated rings. The van der Waals surface area contributed by atoms with Crippen molar-refractivity contribution < 1.29 is 17.9 Å². The number of esters is 1. The molecular weight excluding hydrogens is 278 g/mol. The molecule has 1 saturated carbocycles. The molecule has 0 spiro atoms. The second kappa shape index (κ2) is 6.43. The molecule has 116 valence electrons. The molecule has 1 N–H and O–H groups in total. The number of hydrogen-bond donors (Lipinski definition) is 1.